The number of aliphatic hydroxyl groups is 1. The lowest BCUT2D eigenvalue weighted by Crippen LogP contribution is -2.25. The number of carbonyl (C=O) groups is 1. The van der Waals surface area contributed by atoms with E-state index in [1.54, 1.807) is 6.92 Å². The zero-order valence-electron chi connectivity index (χ0n) is 12.5. The van der Waals surface area contributed by atoms with Crippen LogP contribution < -0.4 is 4.74 Å². The lowest BCUT2D eigenvalue weighted by molar-refractivity contribution is -0.116. The zero-order valence-corrected chi connectivity index (χ0v) is 12.5. The molecule has 1 aromatic rings. The van der Waals surface area contributed by atoms with E-state index in [4.69, 9.17) is 9.47 Å². The maximum Gasteiger partial charge on any atom is 0.130 e. The van der Waals surface area contributed by atoms with Gasteiger partial charge in [0, 0.05) is 6.42 Å². The Morgan fingerprint density at radius 3 is 2.40 bits per heavy atom. The molecule has 1 rings (SSSR count). The fraction of sp³-hybridized carbons (Fsp3) is 0.562. The molecule has 4 nitrogen and oxygen atoms in total. The van der Waals surface area contributed by atoms with Crippen LogP contribution in [0.15, 0.2) is 24.3 Å². The summed E-state index contributed by atoms with van der Waals surface area (Å²) in [4.78, 5) is 10.9. The van der Waals surface area contributed by atoms with Gasteiger partial charge in [-0.25, -0.2) is 0 Å². The second kappa shape index (κ2) is 8.72. The van der Waals surface area contributed by atoms with Crippen molar-refractivity contribution >= 4 is 5.78 Å². The number of ketones is 1. The highest BCUT2D eigenvalue weighted by molar-refractivity contribution is 5.75. The molecular formula is C16H24O4. The molecule has 20 heavy (non-hydrogen) atoms. The van der Waals surface area contributed by atoms with Gasteiger partial charge in [-0.3, -0.25) is 0 Å². The van der Waals surface area contributed by atoms with Crippen LogP contribution in [0.3, 0.4) is 0 Å². The van der Waals surface area contributed by atoms with Gasteiger partial charge in [-0.05, 0) is 44.9 Å². The maximum absolute atomic E-state index is 10.9. The van der Waals surface area contributed by atoms with Crippen LogP contribution in [-0.2, 0) is 16.0 Å². The number of carbonyl (C=O) groups excluding carboxylic acids is 1. The predicted molar refractivity (Wildman–Crippen MR) is 78.0 cm³/mol. The smallest absolute Gasteiger partial charge is 0.130 e. The van der Waals surface area contributed by atoms with Crippen LogP contribution in [0.5, 0.6) is 5.75 Å². The number of aryl methyl sites for hydroxylation is 1. The summed E-state index contributed by atoms with van der Waals surface area (Å²) in [6.45, 7) is 5.92. The van der Waals surface area contributed by atoms with Crippen LogP contribution in [0.25, 0.3) is 0 Å². The largest absolute Gasteiger partial charge is 0.491 e. The van der Waals surface area contributed by atoms with E-state index in [2.05, 4.69) is 0 Å². The van der Waals surface area contributed by atoms with Crippen molar-refractivity contribution in [3.05, 3.63) is 29.8 Å². The second-order valence-electron chi connectivity index (χ2n) is 5.19. The Balaban J connectivity index is 2.32. The standard InChI is InChI=1S/C16H24O4/c1-12(2)19-10-15(18)11-20-16-8-6-14(7-9-16)5-4-13(3)17/h6-9,12,15,18H,4-5,10-11H2,1-3H3. The predicted octanol–water partition coefficient (Wildman–Crippen LogP) is 2.37. The Morgan fingerprint density at radius 1 is 1.20 bits per heavy atom. The quantitative estimate of drug-likeness (QED) is 0.754. The summed E-state index contributed by atoms with van der Waals surface area (Å²) in [6.07, 6.45) is 0.784. The first-order chi connectivity index (χ1) is 9.47. The van der Waals surface area contributed by atoms with Crippen LogP contribution in [0.2, 0.25) is 0 Å². The van der Waals surface area contributed by atoms with Crippen LogP contribution >= 0.6 is 0 Å². The van der Waals surface area contributed by atoms with Crippen LogP contribution in [0.1, 0.15) is 32.8 Å². The highest BCUT2D eigenvalue weighted by Crippen LogP contribution is 2.14. The Hall–Kier alpha value is -1.39. The van der Waals surface area contributed by atoms with Crippen molar-refractivity contribution < 1.29 is 19.4 Å². The molecule has 0 amide bonds. The lowest BCUT2D eigenvalue weighted by atomic mass is 10.1. The SMILES string of the molecule is CC(=O)CCc1ccc(OCC(O)COC(C)C)cc1. The van der Waals surface area contributed by atoms with Gasteiger partial charge in [0.15, 0.2) is 0 Å². The Morgan fingerprint density at radius 2 is 1.85 bits per heavy atom. The molecule has 0 fully saturated rings. The second-order valence-corrected chi connectivity index (χ2v) is 5.19. The third kappa shape index (κ3) is 7.26. The highest BCUT2D eigenvalue weighted by atomic mass is 16.5. The minimum atomic E-state index is -0.630. The molecule has 0 saturated heterocycles. The van der Waals surface area contributed by atoms with Gasteiger partial charge in [-0.2, -0.15) is 0 Å². The van der Waals surface area contributed by atoms with Gasteiger partial charge in [0.2, 0.25) is 0 Å². The highest BCUT2D eigenvalue weighted by Gasteiger charge is 2.07. The molecule has 0 heterocycles. The third-order valence-electron chi connectivity index (χ3n) is 2.75. The number of hydrogen-bond donors (Lipinski definition) is 1. The Labute approximate surface area is 120 Å². The number of aliphatic hydroxyl groups excluding tert-OH is 1. The van der Waals surface area contributed by atoms with Crippen molar-refractivity contribution in [2.45, 2.75) is 45.8 Å². The first-order valence-corrected chi connectivity index (χ1v) is 6.98. The van der Waals surface area contributed by atoms with Gasteiger partial charge in [0.05, 0.1) is 12.7 Å². The van der Waals surface area contributed by atoms with Gasteiger partial charge in [0.25, 0.3) is 0 Å². The molecule has 4 heteroatoms. The summed E-state index contributed by atoms with van der Waals surface area (Å²) in [5.74, 6) is 0.902. The summed E-state index contributed by atoms with van der Waals surface area (Å²) >= 11 is 0. The number of benzene rings is 1. The minimum Gasteiger partial charge on any atom is -0.491 e. The number of ether oxygens (including phenoxy) is 2. The summed E-state index contributed by atoms with van der Waals surface area (Å²) in [5, 5.41) is 9.67. The molecule has 0 spiro atoms. The van der Waals surface area contributed by atoms with Gasteiger partial charge >= 0.3 is 0 Å². The summed E-state index contributed by atoms with van der Waals surface area (Å²) in [6, 6.07) is 7.58. The first-order valence-electron chi connectivity index (χ1n) is 6.98. The fourth-order valence-corrected chi connectivity index (χ4v) is 1.62. The molecule has 112 valence electrons. The Kier molecular flexibility index (Phi) is 7.26. The van der Waals surface area contributed by atoms with Gasteiger partial charge in [-0.15, -0.1) is 0 Å². The first kappa shape index (κ1) is 16.7. The molecule has 1 unspecified atom stereocenters. The molecule has 1 aromatic carbocycles. The lowest BCUT2D eigenvalue weighted by Gasteiger charge is -2.14. The molecule has 0 bridgehead atoms. The van der Waals surface area contributed by atoms with E-state index in [1.807, 2.05) is 38.1 Å². The van der Waals surface area contributed by atoms with E-state index < -0.39 is 6.10 Å². The summed E-state index contributed by atoms with van der Waals surface area (Å²) in [7, 11) is 0. The summed E-state index contributed by atoms with van der Waals surface area (Å²) < 4.78 is 10.8. The number of Topliss-reactive ketones (excluding diaryl/α,β-unsaturated/α-hetero) is 1. The molecule has 0 radical (unpaired) electrons. The van der Waals surface area contributed by atoms with Crippen LogP contribution in [0.4, 0.5) is 0 Å². The van der Waals surface area contributed by atoms with Gasteiger partial charge in [-0.1, -0.05) is 12.1 Å². The van der Waals surface area contributed by atoms with Crippen molar-refractivity contribution in [2.75, 3.05) is 13.2 Å². The van der Waals surface area contributed by atoms with E-state index in [0.29, 0.717) is 12.2 Å². The van der Waals surface area contributed by atoms with Crippen molar-refractivity contribution in [1.82, 2.24) is 0 Å². The van der Waals surface area contributed by atoms with Gasteiger partial charge in [0.1, 0.15) is 24.2 Å². The molecule has 1 N–H and O–H groups in total. The third-order valence-corrected chi connectivity index (χ3v) is 2.75. The molecular weight excluding hydrogens is 256 g/mol. The van der Waals surface area contributed by atoms with Crippen molar-refractivity contribution in [3.8, 4) is 5.75 Å². The van der Waals surface area contributed by atoms with Crippen molar-refractivity contribution in [2.24, 2.45) is 0 Å². The average molecular weight is 280 g/mol. The molecule has 1 atom stereocenters. The van der Waals surface area contributed by atoms with E-state index in [0.717, 1.165) is 12.0 Å². The van der Waals surface area contributed by atoms with E-state index >= 15 is 0 Å². The molecule has 0 aliphatic rings. The zero-order chi connectivity index (χ0) is 15.0. The molecule has 0 saturated carbocycles. The van der Waals surface area contributed by atoms with E-state index in [-0.39, 0.29) is 25.1 Å². The van der Waals surface area contributed by atoms with Crippen molar-refractivity contribution in [3.63, 3.8) is 0 Å². The summed E-state index contributed by atoms with van der Waals surface area (Å²) in [5.41, 5.74) is 1.11. The fourth-order valence-electron chi connectivity index (χ4n) is 1.62. The minimum absolute atomic E-state index is 0.102. The monoisotopic (exact) mass is 280 g/mol. The van der Waals surface area contributed by atoms with Gasteiger partial charge < -0.3 is 19.4 Å². The normalized spacial score (nSPS) is 12.4. The number of hydrogen-bond acceptors (Lipinski definition) is 4. The molecule has 0 aliphatic carbocycles. The maximum atomic E-state index is 10.9. The van der Waals surface area contributed by atoms with E-state index in [1.165, 1.54) is 0 Å². The van der Waals surface area contributed by atoms with Crippen LogP contribution in [-0.4, -0.2) is 36.3 Å². The average Bonchev–Trinajstić information content (AvgIpc) is 2.41. The Bertz CT molecular complexity index is 397. The molecule has 0 aliphatic heterocycles. The van der Waals surface area contributed by atoms with E-state index in [9.17, 15) is 9.90 Å². The van der Waals surface area contributed by atoms with Crippen LogP contribution in [0, 0.1) is 0 Å². The topological polar surface area (TPSA) is 55.8 Å². The molecule has 0 aromatic heterocycles. The van der Waals surface area contributed by atoms with Crippen molar-refractivity contribution in [1.29, 1.82) is 0 Å². The number of rotatable bonds is 9.